The fourth-order valence-corrected chi connectivity index (χ4v) is 1.57. The Morgan fingerprint density at radius 1 is 1.50 bits per heavy atom. The smallest absolute Gasteiger partial charge is 0.165 e. The number of halogens is 1. The largest absolute Gasteiger partial charge is 0.484 e. The summed E-state index contributed by atoms with van der Waals surface area (Å²) < 4.78 is 20.9. The van der Waals surface area contributed by atoms with Gasteiger partial charge < -0.3 is 14.4 Å². The van der Waals surface area contributed by atoms with Crippen molar-refractivity contribution < 1.29 is 14.2 Å². The number of aliphatic hydroxyl groups is 1. The molecule has 0 fully saturated rings. The molecule has 0 amide bonds. The summed E-state index contributed by atoms with van der Waals surface area (Å²) in [5.74, 6) is -0.309. The van der Waals surface area contributed by atoms with Gasteiger partial charge in [-0.15, -0.1) is 0 Å². The molecule has 5 heteroatoms. The van der Waals surface area contributed by atoms with E-state index < -0.39 is 11.9 Å². The summed E-state index contributed by atoms with van der Waals surface area (Å²) >= 11 is 0. The first kappa shape index (κ1) is 12.6. The molecule has 2 rings (SSSR count). The average Bonchev–Trinajstić information content (AvgIpc) is 2.73. The molecule has 0 spiro atoms. The third-order valence-electron chi connectivity index (χ3n) is 2.73. The first-order chi connectivity index (χ1) is 8.58. The molecule has 1 heterocycles. The molecule has 1 atom stereocenters. The van der Waals surface area contributed by atoms with Crippen molar-refractivity contribution in [2.24, 2.45) is 7.05 Å². The van der Waals surface area contributed by atoms with Gasteiger partial charge in [0.1, 0.15) is 6.61 Å². The Morgan fingerprint density at radius 2 is 2.28 bits per heavy atom. The number of rotatable bonds is 4. The zero-order chi connectivity index (χ0) is 13.1. The van der Waals surface area contributed by atoms with Crippen LogP contribution in [0, 0.1) is 5.82 Å². The monoisotopic (exact) mass is 250 g/mol. The molecule has 1 aromatic heterocycles. The first-order valence-corrected chi connectivity index (χ1v) is 5.63. The second-order valence-corrected chi connectivity index (χ2v) is 4.15. The van der Waals surface area contributed by atoms with Crippen LogP contribution in [0.25, 0.3) is 0 Å². The Labute approximate surface area is 105 Å². The van der Waals surface area contributed by atoms with E-state index in [4.69, 9.17) is 4.74 Å². The van der Waals surface area contributed by atoms with Crippen molar-refractivity contribution in [2.45, 2.75) is 19.6 Å². The maximum absolute atomic E-state index is 13.7. The second kappa shape index (κ2) is 5.18. The molecule has 0 saturated carbocycles. The van der Waals surface area contributed by atoms with Crippen LogP contribution in [-0.2, 0) is 13.7 Å². The van der Waals surface area contributed by atoms with Crippen LogP contribution in [0.2, 0.25) is 0 Å². The summed E-state index contributed by atoms with van der Waals surface area (Å²) in [6.45, 7) is 1.84. The van der Waals surface area contributed by atoms with Crippen molar-refractivity contribution in [3.63, 3.8) is 0 Å². The number of hydrogen-bond acceptors (Lipinski definition) is 3. The molecule has 0 unspecified atom stereocenters. The van der Waals surface area contributed by atoms with E-state index in [1.807, 2.05) is 11.6 Å². The van der Waals surface area contributed by atoms with E-state index in [0.29, 0.717) is 5.56 Å². The number of aromatic nitrogens is 2. The van der Waals surface area contributed by atoms with Gasteiger partial charge in [-0.25, -0.2) is 9.37 Å². The van der Waals surface area contributed by atoms with Crippen LogP contribution < -0.4 is 4.74 Å². The summed E-state index contributed by atoms with van der Waals surface area (Å²) in [6, 6.07) is 4.45. The zero-order valence-electron chi connectivity index (χ0n) is 10.3. The van der Waals surface area contributed by atoms with Crippen molar-refractivity contribution in [2.75, 3.05) is 0 Å². The van der Waals surface area contributed by atoms with E-state index in [9.17, 15) is 9.50 Å². The molecule has 2 aromatic rings. The van der Waals surface area contributed by atoms with Gasteiger partial charge in [0, 0.05) is 7.05 Å². The lowest BCUT2D eigenvalue weighted by atomic mass is 10.1. The average molecular weight is 250 g/mol. The van der Waals surface area contributed by atoms with Gasteiger partial charge in [-0.2, -0.15) is 0 Å². The van der Waals surface area contributed by atoms with Crippen molar-refractivity contribution in [3.05, 3.63) is 47.8 Å². The normalized spacial score (nSPS) is 12.4. The zero-order valence-corrected chi connectivity index (χ0v) is 10.3. The molecule has 4 nitrogen and oxygen atoms in total. The summed E-state index contributed by atoms with van der Waals surface area (Å²) in [5.41, 5.74) is 1.38. The summed E-state index contributed by atoms with van der Waals surface area (Å²) in [7, 11) is 1.85. The topological polar surface area (TPSA) is 47.3 Å². The summed E-state index contributed by atoms with van der Waals surface area (Å²) in [4.78, 5) is 3.95. The number of imidazole rings is 1. The van der Waals surface area contributed by atoms with E-state index in [1.165, 1.54) is 12.1 Å². The predicted molar refractivity (Wildman–Crippen MR) is 64.6 cm³/mol. The number of aliphatic hydroxyl groups excluding tert-OH is 1. The van der Waals surface area contributed by atoms with E-state index in [1.54, 1.807) is 25.5 Å². The standard InChI is InChI=1S/C13H15FN2O2/c1-9(17)10-3-4-13(12(14)5-10)18-7-11-6-15-8-16(11)2/h3-6,8-9,17H,7H2,1-2H3/t9-/m0/s1. The lowest BCUT2D eigenvalue weighted by Crippen LogP contribution is -2.03. The highest BCUT2D eigenvalue weighted by Crippen LogP contribution is 2.22. The molecule has 1 N–H and O–H groups in total. The Balaban J connectivity index is 2.08. The van der Waals surface area contributed by atoms with Crippen LogP contribution in [-0.4, -0.2) is 14.7 Å². The van der Waals surface area contributed by atoms with Crippen LogP contribution in [0.1, 0.15) is 24.3 Å². The predicted octanol–water partition coefficient (Wildman–Crippen LogP) is 2.19. The highest BCUT2D eigenvalue weighted by molar-refractivity contribution is 5.30. The molecule has 0 bridgehead atoms. The highest BCUT2D eigenvalue weighted by Gasteiger charge is 2.08. The Kier molecular flexibility index (Phi) is 3.62. The molecule has 0 aliphatic carbocycles. The number of aryl methyl sites for hydroxylation is 1. The molecule has 0 saturated heterocycles. The lowest BCUT2D eigenvalue weighted by molar-refractivity contribution is 0.198. The molecule has 0 aliphatic heterocycles. The van der Waals surface area contributed by atoms with Gasteiger partial charge in [-0.1, -0.05) is 6.07 Å². The van der Waals surface area contributed by atoms with Gasteiger partial charge in [-0.05, 0) is 24.6 Å². The van der Waals surface area contributed by atoms with Crippen molar-refractivity contribution in [1.29, 1.82) is 0 Å². The van der Waals surface area contributed by atoms with E-state index >= 15 is 0 Å². The summed E-state index contributed by atoms with van der Waals surface area (Å²) in [6.07, 6.45) is 2.64. The van der Waals surface area contributed by atoms with Gasteiger partial charge in [0.2, 0.25) is 0 Å². The van der Waals surface area contributed by atoms with E-state index in [-0.39, 0.29) is 12.4 Å². The lowest BCUT2D eigenvalue weighted by Gasteiger charge is -2.10. The fourth-order valence-electron chi connectivity index (χ4n) is 1.57. The third kappa shape index (κ3) is 2.68. The van der Waals surface area contributed by atoms with Crippen molar-refractivity contribution in [3.8, 4) is 5.75 Å². The molecule has 0 radical (unpaired) electrons. The molecular formula is C13H15FN2O2. The number of hydrogen-bond donors (Lipinski definition) is 1. The number of nitrogens with zero attached hydrogens (tertiary/aromatic N) is 2. The van der Waals surface area contributed by atoms with Crippen LogP contribution in [0.3, 0.4) is 0 Å². The minimum Gasteiger partial charge on any atom is -0.484 e. The van der Waals surface area contributed by atoms with E-state index in [2.05, 4.69) is 4.98 Å². The van der Waals surface area contributed by atoms with Crippen LogP contribution in [0.4, 0.5) is 4.39 Å². The van der Waals surface area contributed by atoms with Gasteiger partial charge in [0.15, 0.2) is 11.6 Å². The maximum Gasteiger partial charge on any atom is 0.165 e. The Hall–Kier alpha value is -1.88. The van der Waals surface area contributed by atoms with Crippen LogP contribution in [0.5, 0.6) is 5.75 Å². The number of benzene rings is 1. The van der Waals surface area contributed by atoms with Crippen molar-refractivity contribution >= 4 is 0 Å². The molecule has 0 aliphatic rings. The van der Waals surface area contributed by atoms with Gasteiger partial charge in [-0.3, -0.25) is 0 Å². The van der Waals surface area contributed by atoms with Crippen LogP contribution >= 0.6 is 0 Å². The first-order valence-electron chi connectivity index (χ1n) is 5.63. The van der Waals surface area contributed by atoms with E-state index in [0.717, 1.165) is 5.69 Å². The second-order valence-electron chi connectivity index (χ2n) is 4.15. The SMILES string of the molecule is C[C@H](O)c1ccc(OCc2cncn2C)c(F)c1. The van der Waals surface area contributed by atoms with Gasteiger partial charge in [0.25, 0.3) is 0 Å². The molecule has 96 valence electrons. The van der Waals surface area contributed by atoms with Gasteiger partial charge in [0.05, 0.1) is 24.3 Å². The molecule has 1 aromatic carbocycles. The summed E-state index contributed by atoms with van der Waals surface area (Å²) in [5, 5.41) is 9.34. The quantitative estimate of drug-likeness (QED) is 0.904. The molecular weight excluding hydrogens is 235 g/mol. The minimum absolute atomic E-state index is 0.167. The Bertz CT molecular complexity index is 538. The van der Waals surface area contributed by atoms with Gasteiger partial charge >= 0.3 is 0 Å². The number of ether oxygens (including phenoxy) is 1. The van der Waals surface area contributed by atoms with Crippen LogP contribution in [0.15, 0.2) is 30.7 Å². The van der Waals surface area contributed by atoms with Crippen molar-refractivity contribution in [1.82, 2.24) is 9.55 Å². The molecule has 18 heavy (non-hydrogen) atoms. The minimum atomic E-state index is -0.689. The third-order valence-corrected chi connectivity index (χ3v) is 2.73. The fraction of sp³-hybridized carbons (Fsp3) is 0.308. The Morgan fingerprint density at radius 3 is 2.83 bits per heavy atom. The highest BCUT2D eigenvalue weighted by atomic mass is 19.1. The maximum atomic E-state index is 13.7.